The van der Waals surface area contributed by atoms with Gasteiger partial charge in [-0.25, -0.2) is 4.39 Å². The molecule has 4 heteroatoms. The Morgan fingerprint density at radius 1 is 1.53 bits per heavy atom. The summed E-state index contributed by atoms with van der Waals surface area (Å²) in [6.45, 7) is 2.64. The van der Waals surface area contributed by atoms with Gasteiger partial charge < -0.3 is 10.1 Å². The molecule has 0 bridgehead atoms. The third kappa shape index (κ3) is 1.88. The Bertz CT molecular complexity index is 383. The van der Waals surface area contributed by atoms with Crippen LogP contribution in [-0.4, -0.2) is 13.7 Å². The molecule has 1 heterocycles. The maximum atomic E-state index is 13.6. The van der Waals surface area contributed by atoms with Crippen LogP contribution in [0.15, 0.2) is 16.6 Å². The first-order valence-electron chi connectivity index (χ1n) is 4.92. The van der Waals surface area contributed by atoms with E-state index < -0.39 is 0 Å². The van der Waals surface area contributed by atoms with E-state index in [0.717, 1.165) is 10.0 Å². The van der Waals surface area contributed by atoms with Gasteiger partial charge in [-0.05, 0) is 19.2 Å². The van der Waals surface area contributed by atoms with E-state index in [1.54, 1.807) is 0 Å². The number of hydrogen-bond donors (Lipinski definition) is 1. The second-order valence-electron chi connectivity index (χ2n) is 3.86. The highest BCUT2D eigenvalue weighted by atomic mass is 79.9. The third-order valence-corrected chi connectivity index (χ3v) is 3.20. The first kappa shape index (κ1) is 10.9. The number of halogens is 2. The summed E-state index contributed by atoms with van der Waals surface area (Å²) >= 11 is 3.29. The summed E-state index contributed by atoms with van der Waals surface area (Å²) in [5.41, 5.74) is 0.892. The fourth-order valence-corrected chi connectivity index (χ4v) is 2.47. The van der Waals surface area contributed by atoms with Gasteiger partial charge in [0.15, 0.2) is 11.6 Å². The summed E-state index contributed by atoms with van der Waals surface area (Å²) < 4.78 is 19.8. The molecule has 0 aliphatic carbocycles. The van der Waals surface area contributed by atoms with E-state index in [1.165, 1.54) is 6.07 Å². The van der Waals surface area contributed by atoms with Crippen LogP contribution in [0.25, 0.3) is 0 Å². The van der Waals surface area contributed by atoms with Gasteiger partial charge in [-0.15, -0.1) is 0 Å². The minimum Gasteiger partial charge on any atom is -0.490 e. The van der Waals surface area contributed by atoms with Crippen LogP contribution in [-0.2, 0) is 0 Å². The van der Waals surface area contributed by atoms with Crippen LogP contribution in [0.3, 0.4) is 0 Å². The van der Waals surface area contributed by atoms with Crippen molar-refractivity contribution in [1.29, 1.82) is 0 Å². The zero-order chi connectivity index (χ0) is 11.0. The minimum absolute atomic E-state index is 0.153. The Morgan fingerprint density at radius 3 is 2.93 bits per heavy atom. The van der Waals surface area contributed by atoms with Gasteiger partial charge in [0.05, 0.1) is 6.61 Å². The van der Waals surface area contributed by atoms with Crippen molar-refractivity contribution >= 4 is 15.9 Å². The Hall–Kier alpha value is -0.610. The van der Waals surface area contributed by atoms with Crippen molar-refractivity contribution in [2.75, 3.05) is 13.7 Å². The van der Waals surface area contributed by atoms with Crippen LogP contribution in [0.1, 0.15) is 18.5 Å². The third-order valence-electron chi connectivity index (χ3n) is 2.74. The predicted molar refractivity (Wildman–Crippen MR) is 60.6 cm³/mol. The average molecular weight is 274 g/mol. The smallest absolute Gasteiger partial charge is 0.166 e. The molecular weight excluding hydrogens is 261 g/mol. The van der Waals surface area contributed by atoms with E-state index in [-0.39, 0.29) is 11.9 Å². The highest BCUT2D eigenvalue weighted by Crippen LogP contribution is 2.38. The zero-order valence-electron chi connectivity index (χ0n) is 8.68. The lowest BCUT2D eigenvalue weighted by atomic mass is 9.92. The van der Waals surface area contributed by atoms with E-state index in [4.69, 9.17) is 4.74 Å². The Morgan fingerprint density at radius 2 is 2.27 bits per heavy atom. The molecule has 1 aliphatic heterocycles. The highest BCUT2D eigenvalue weighted by molar-refractivity contribution is 9.10. The van der Waals surface area contributed by atoms with Crippen LogP contribution in [0.2, 0.25) is 0 Å². The van der Waals surface area contributed by atoms with Gasteiger partial charge in [-0.1, -0.05) is 22.9 Å². The average Bonchev–Trinajstić information content (AvgIpc) is 2.17. The fraction of sp³-hybridized carbons (Fsp3) is 0.455. The number of rotatable bonds is 1. The Labute approximate surface area is 96.9 Å². The molecule has 1 aromatic rings. The van der Waals surface area contributed by atoms with Gasteiger partial charge in [0.1, 0.15) is 0 Å². The summed E-state index contributed by atoms with van der Waals surface area (Å²) in [6.07, 6.45) is 0. The fourth-order valence-electron chi connectivity index (χ4n) is 2.02. The maximum Gasteiger partial charge on any atom is 0.166 e. The van der Waals surface area contributed by atoms with Crippen LogP contribution >= 0.6 is 15.9 Å². The molecule has 2 unspecified atom stereocenters. The molecule has 1 aromatic carbocycles. The molecule has 1 N–H and O–H groups in total. The molecule has 0 saturated heterocycles. The molecule has 0 fully saturated rings. The molecule has 0 amide bonds. The first-order valence-corrected chi connectivity index (χ1v) is 5.71. The van der Waals surface area contributed by atoms with E-state index in [9.17, 15) is 4.39 Å². The van der Waals surface area contributed by atoms with E-state index in [0.29, 0.717) is 18.3 Å². The van der Waals surface area contributed by atoms with Crippen LogP contribution in [0, 0.1) is 11.7 Å². The van der Waals surface area contributed by atoms with Crippen molar-refractivity contribution in [2.24, 2.45) is 5.92 Å². The lowest BCUT2D eigenvalue weighted by Gasteiger charge is -2.31. The van der Waals surface area contributed by atoms with Crippen LogP contribution < -0.4 is 10.1 Å². The van der Waals surface area contributed by atoms with Gasteiger partial charge in [-0.2, -0.15) is 0 Å². The van der Waals surface area contributed by atoms with Crippen molar-refractivity contribution in [3.8, 4) is 5.75 Å². The SMILES string of the molecule is CNC1c2cc(Br)cc(F)c2OCC1C. The largest absolute Gasteiger partial charge is 0.490 e. The number of fused-ring (bicyclic) bond motifs is 1. The molecule has 0 radical (unpaired) electrons. The minimum atomic E-state index is -0.300. The topological polar surface area (TPSA) is 21.3 Å². The molecule has 82 valence electrons. The summed E-state index contributed by atoms with van der Waals surface area (Å²) in [5.74, 6) is 0.429. The van der Waals surface area contributed by atoms with E-state index in [2.05, 4.69) is 28.2 Å². The summed E-state index contributed by atoms with van der Waals surface area (Å²) in [4.78, 5) is 0. The lowest BCUT2D eigenvalue weighted by molar-refractivity contribution is 0.185. The number of nitrogens with one attached hydrogen (secondary N) is 1. The normalized spacial score (nSPS) is 24.5. The summed E-state index contributed by atoms with van der Waals surface area (Å²) in [7, 11) is 1.88. The molecule has 1 aliphatic rings. The van der Waals surface area contributed by atoms with Gasteiger partial charge >= 0.3 is 0 Å². The van der Waals surface area contributed by atoms with Crippen molar-refractivity contribution < 1.29 is 9.13 Å². The molecule has 0 saturated carbocycles. The standard InChI is InChI=1S/C11H13BrFNO/c1-6-5-15-11-8(10(6)14-2)3-7(12)4-9(11)13/h3-4,6,10,14H,5H2,1-2H3. The molecule has 0 aromatic heterocycles. The Kier molecular flexibility index (Phi) is 2.98. The predicted octanol–water partition coefficient (Wildman–Crippen LogP) is 2.88. The van der Waals surface area contributed by atoms with Crippen molar-refractivity contribution in [1.82, 2.24) is 5.32 Å². The molecule has 2 rings (SSSR count). The lowest BCUT2D eigenvalue weighted by Crippen LogP contribution is -2.32. The molecule has 2 atom stereocenters. The monoisotopic (exact) mass is 273 g/mol. The van der Waals surface area contributed by atoms with Gasteiger partial charge in [0.25, 0.3) is 0 Å². The molecule has 2 nitrogen and oxygen atoms in total. The second-order valence-corrected chi connectivity index (χ2v) is 4.78. The maximum absolute atomic E-state index is 13.6. The second kappa shape index (κ2) is 4.10. The van der Waals surface area contributed by atoms with E-state index in [1.807, 2.05) is 13.1 Å². The van der Waals surface area contributed by atoms with E-state index >= 15 is 0 Å². The number of ether oxygens (including phenoxy) is 1. The van der Waals surface area contributed by atoms with Gasteiger partial charge in [0.2, 0.25) is 0 Å². The van der Waals surface area contributed by atoms with Crippen molar-refractivity contribution in [3.63, 3.8) is 0 Å². The number of benzene rings is 1. The Balaban J connectivity index is 2.52. The van der Waals surface area contributed by atoms with Crippen LogP contribution in [0.5, 0.6) is 5.75 Å². The highest BCUT2D eigenvalue weighted by Gasteiger charge is 2.29. The zero-order valence-corrected chi connectivity index (χ0v) is 10.3. The first-order chi connectivity index (χ1) is 7.13. The summed E-state index contributed by atoms with van der Waals surface area (Å²) in [6, 6.07) is 3.50. The molecule has 0 spiro atoms. The molecular formula is C11H13BrFNO. The van der Waals surface area contributed by atoms with Crippen LogP contribution in [0.4, 0.5) is 4.39 Å². The molecule has 15 heavy (non-hydrogen) atoms. The van der Waals surface area contributed by atoms with Crippen molar-refractivity contribution in [2.45, 2.75) is 13.0 Å². The van der Waals surface area contributed by atoms with Gasteiger partial charge in [-0.3, -0.25) is 0 Å². The summed E-state index contributed by atoms with van der Waals surface area (Å²) in [5, 5.41) is 3.20. The number of hydrogen-bond acceptors (Lipinski definition) is 2. The van der Waals surface area contributed by atoms with Crippen molar-refractivity contribution in [3.05, 3.63) is 28.0 Å². The quantitative estimate of drug-likeness (QED) is 0.850. The van der Waals surface area contributed by atoms with Gasteiger partial charge in [0, 0.05) is 22.0 Å².